The fourth-order valence-electron chi connectivity index (χ4n) is 3.75. The third kappa shape index (κ3) is 5.60. The van der Waals surface area contributed by atoms with Gasteiger partial charge in [0.1, 0.15) is 28.1 Å². The van der Waals surface area contributed by atoms with Gasteiger partial charge in [0.05, 0.1) is 14.2 Å². The lowest BCUT2D eigenvalue weighted by atomic mass is 10.1. The van der Waals surface area contributed by atoms with Crippen LogP contribution in [0.25, 0.3) is 0 Å². The fraction of sp³-hybridized carbons (Fsp3) is 0.435. The van der Waals surface area contributed by atoms with Crippen LogP contribution in [-0.2, 0) is 11.3 Å². The second-order valence-electron chi connectivity index (χ2n) is 7.73. The summed E-state index contributed by atoms with van der Waals surface area (Å²) in [6.45, 7) is 6.06. The Labute approximate surface area is 187 Å². The van der Waals surface area contributed by atoms with E-state index in [1.165, 1.54) is 26.4 Å². The van der Waals surface area contributed by atoms with E-state index in [1.54, 1.807) is 24.3 Å². The summed E-state index contributed by atoms with van der Waals surface area (Å²) < 4.78 is 29.3. The minimum Gasteiger partial charge on any atom is -0.495 e. The highest BCUT2D eigenvalue weighted by atomic mass is 35.5. The van der Waals surface area contributed by atoms with Gasteiger partial charge in [-0.2, -0.15) is 0 Å². The van der Waals surface area contributed by atoms with Crippen LogP contribution >= 0.6 is 11.6 Å². The van der Waals surface area contributed by atoms with Crippen molar-refractivity contribution in [3.05, 3.63) is 52.8 Å². The number of methoxy groups -OCH3 is 2. The van der Waals surface area contributed by atoms with Gasteiger partial charge in [-0.3, -0.25) is 9.69 Å². The summed E-state index contributed by atoms with van der Waals surface area (Å²) in [6, 6.07) is 10.0. The van der Waals surface area contributed by atoms with Gasteiger partial charge in [0.2, 0.25) is 0 Å². The molecule has 6 nitrogen and oxygen atoms in total. The molecule has 2 atom stereocenters. The molecule has 0 spiro atoms. The van der Waals surface area contributed by atoms with Crippen molar-refractivity contribution < 1.29 is 23.4 Å². The van der Waals surface area contributed by atoms with Gasteiger partial charge in [-0.25, -0.2) is 4.39 Å². The van der Waals surface area contributed by atoms with Gasteiger partial charge >= 0.3 is 0 Å². The predicted molar refractivity (Wildman–Crippen MR) is 117 cm³/mol. The average Bonchev–Trinajstić information content (AvgIpc) is 2.76. The third-order valence-corrected chi connectivity index (χ3v) is 5.89. The van der Waals surface area contributed by atoms with E-state index in [0.29, 0.717) is 35.4 Å². The van der Waals surface area contributed by atoms with E-state index in [4.69, 9.17) is 25.8 Å². The first-order chi connectivity index (χ1) is 14.8. The summed E-state index contributed by atoms with van der Waals surface area (Å²) in [5.74, 6) is 0.951. The third-order valence-electron chi connectivity index (χ3n) is 5.52. The lowest BCUT2D eigenvalue weighted by Gasteiger charge is -2.44. The molecule has 31 heavy (non-hydrogen) atoms. The zero-order valence-corrected chi connectivity index (χ0v) is 19.0. The summed E-state index contributed by atoms with van der Waals surface area (Å²) >= 11 is 6.18. The van der Waals surface area contributed by atoms with Crippen molar-refractivity contribution in [2.45, 2.75) is 32.5 Å². The lowest BCUT2D eigenvalue weighted by Crippen LogP contribution is -2.58. The minimum atomic E-state index is -0.239. The molecule has 3 rings (SSSR count). The summed E-state index contributed by atoms with van der Waals surface area (Å²) in [5, 5.41) is 0.350. The first kappa shape index (κ1) is 23.2. The molecule has 2 aromatic carbocycles. The van der Waals surface area contributed by atoms with E-state index in [9.17, 15) is 9.18 Å². The molecule has 168 valence electrons. The molecule has 1 aliphatic heterocycles. The monoisotopic (exact) mass is 450 g/mol. The van der Waals surface area contributed by atoms with Gasteiger partial charge < -0.3 is 19.1 Å². The molecule has 0 bridgehead atoms. The van der Waals surface area contributed by atoms with Crippen LogP contribution in [0.2, 0.25) is 5.02 Å². The maximum atomic E-state index is 13.2. The van der Waals surface area contributed by atoms with Crippen LogP contribution < -0.4 is 14.2 Å². The molecule has 0 aliphatic carbocycles. The number of rotatable bonds is 7. The molecule has 1 saturated heterocycles. The van der Waals surface area contributed by atoms with Crippen LogP contribution in [0.1, 0.15) is 19.4 Å². The summed E-state index contributed by atoms with van der Waals surface area (Å²) in [5.41, 5.74) is 1.05. The Kier molecular flexibility index (Phi) is 7.62. The van der Waals surface area contributed by atoms with Crippen LogP contribution in [0.5, 0.6) is 17.2 Å². The fourth-order valence-corrected chi connectivity index (χ4v) is 4.01. The first-order valence-corrected chi connectivity index (χ1v) is 10.5. The van der Waals surface area contributed by atoms with Crippen LogP contribution in [0, 0.1) is 5.82 Å². The summed E-state index contributed by atoms with van der Waals surface area (Å²) in [7, 11) is 3.01. The molecule has 0 unspecified atom stereocenters. The van der Waals surface area contributed by atoms with Gasteiger partial charge in [-0.05, 0) is 31.5 Å². The normalized spacial score (nSPS) is 19.2. The van der Waals surface area contributed by atoms with Gasteiger partial charge in [0.25, 0.3) is 5.91 Å². The Morgan fingerprint density at radius 3 is 2.26 bits per heavy atom. The molecule has 0 aromatic heterocycles. The number of hydrogen-bond acceptors (Lipinski definition) is 5. The molecule has 1 amide bonds. The minimum absolute atomic E-state index is 0.0297. The maximum Gasteiger partial charge on any atom is 0.260 e. The highest BCUT2D eigenvalue weighted by molar-refractivity contribution is 6.33. The van der Waals surface area contributed by atoms with E-state index in [2.05, 4.69) is 11.8 Å². The Morgan fingerprint density at radius 1 is 1.06 bits per heavy atom. The molecular weight excluding hydrogens is 423 g/mol. The molecule has 0 saturated carbocycles. The van der Waals surface area contributed by atoms with Crippen molar-refractivity contribution in [3.63, 3.8) is 0 Å². The van der Waals surface area contributed by atoms with Crippen molar-refractivity contribution in [3.8, 4) is 17.2 Å². The Morgan fingerprint density at radius 2 is 1.68 bits per heavy atom. The summed E-state index contributed by atoms with van der Waals surface area (Å²) in [6.07, 6.45) is 0. The standard InChI is InChI=1S/C23H28ClFN2O4/c1-15-12-27(16(2)11-26(15)13-17-5-7-18(25)8-6-17)22(28)14-31-19-9-20(29-3)23(24)21(10-19)30-4/h5-10,15-16H,11-14H2,1-4H3/t15-,16+/m1/s1. The highest BCUT2D eigenvalue weighted by Crippen LogP contribution is 2.38. The molecule has 8 heteroatoms. The predicted octanol–water partition coefficient (Wildman–Crippen LogP) is 4.00. The Balaban J connectivity index is 1.60. The molecule has 1 aliphatic rings. The van der Waals surface area contributed by atoms with E-state index in [-0.39, 0.29) is 30.4 Å². The molecular formula is C23H28ClFN2O4. The Hall–Kier alpha value is -2.51. The molecule has 1 fully saturated rings. The number of amides is 1. The van der Waals surface area contributed by atoms with Crippen molar-refractivity contribution in [1.82, 2.24) is 9.80 Å². The smallest absolute Gasteiger partial charge is 0.260 e. The van der Waals surface area contributed by atoms with Gasteiger partial charge in [0, 0.05) is 43.9 Å². The van der Waals surface area contributed by atoms with Gasteiger partial charge in [0.15, 0.2) is 6.61 Å². The molecule has 1 heterocycles. The van der Waals surface area contributed by atoms with Crippen molar-refractivity contribution >= 4 is 17.5 Å². The van der Waals surface area contributed by atoms with Crippen molar-refractivity contribution in [2.75, 3.05) is 33.9 Å². The maximum absolute atomic E-state index is 13.2. The zero-order chi connectivity index (χ0) is 22.5. The van der Waals surface area contributed by atoms with Gasteiger partial charge in [-0.1, -0.05) is 23.7 Å². The van der Waals surface area contributed by atoms with Crippen LogP contribution in [0.4, 0.5) is 4.39 Å². The van der Waals surface area contributed by atoms with Crippen LogP contribution in [-0.4, -0.2) is 61.7 Å². The number of hydrogen-bond donors (Lipinski definition) is 0. The molecule has 2 aromatic rings. The number of carbonyl (C=O) groups is 1. The molecule has 0 N–H and O–H groups in total. The lowest BCUT2D eigenvalue weighted by molar-refractivity contribution is -0.139. The SMILES string of the molecule is COc1cc(OCC(=O)N2C[C@@H](C)N(Cc3ccc(F)cc3)C[C@@H]2C)cc(OC)c1Cl. The number of benzene rings is 2. The molecule has 0 radical (unpaired) electrons. The number of piperazine rings is 1. The number of carbonyl (C=O) groups excluding carboxylic acids is 1. The van der Waals surface area contributed by atoms with E-state index >= 15 is 0 Å². The van der Waals surface area contributed by atoms with E-state index < -0.39 is 0 Å². The number of ether oxygens (including phenoxy) is 3. The second kappa shape index (κ2) is 10.2. The average molecular weight is 451 g/mol. The van der Waals surface area contributed by atoms with Gasteiger partial charge in [-0.15, -0.1) is 0 Å². The van der Waals surface area contributed by atoms with Crippen LogP contribution in [0.15, 0.2) is 36.4 Å². The largest absolute Gasteiger partial charge is 0.495 e. The number of nitrogens with zero attached hydrogens (tertiary/aromatic N) is 2. The first-order valence-electron chi connectivity index (χ1n) is 10.1. The summed E-state index contributed by atoms with van der Waals surface area (Å²) in [4.78, 5) is 17.0. The second-order valence-corrected chi connectivity index (χ2v) is 8.11. The van der Waals surface area contributed by atoms with Crippen molar-refractivity contribution in [2.24, 2.45) is 0 Å². The van der Waals surface area contributed by atoms with Crippen LogP contribution in [0.3, 0.4) is 0 Å². The van der Waals surface area contributed by atoms with Crippen molar-refractivity contribution in [1.29, 1.82) is 0 Å². The van der Waals surface area contributed by atoms with E-state index in [1.807, 2.05) is 11.8 Å². The number of halogens is 2. The highest BCUT2D eigenvalue weighted by Gasteiger charge is 2.32. The quantitative estimate of drug-likeness (QED) is 0.638. The van der Waals surface area contributed by atoms with E-state index in [0.717, 1.165) is 12.1 Å². The zero-order valence-electron chi connectivity index (χ0n) is 18.2. The Bertz CT molecular complexity index is 884. The topological polar surface area (TPSA) is 51.2 Å².